The van der Waals surface area contributed by atoms with Crippen LogP contribution in [0.4, 0.5) is 5.69 Å². The number of likely N-dealkylation sites (N-methyl/N-ethyl adjacent to an activating group) is 1. The molecule has 33 heavy (non-hydrogen) atoms. The van der Waals surface area contributed by atoms with E-state index in [2.05, 4.69) is 21.4 Å². The Kier molecular flexibility index (Phi) is 6.26. The van der Waals surface area contributed by atoms with Crippen LogP contribution in [0.15, 0.2) is 61.1 Å². The number of para-hydroxylation sites is 1. The molecule has 1 saturated heterocycles. The van der Waals surface area contributed by atoms with E-state index in [-0.39, 0.29) is 37.2 Å². The predicted molar refractivity (Wildman–Crippen MR) is 121 cm³/mol. The molecule has 9 nitrogen and oxygen atoms in total. The van der Waals surface area contributed by atoms with Crippen LogP contribution in [-0.2, 0) is 9.59 Å². The fraction of sp³-hybridized carbons (Fsp3) is 0.250. The van der Waals surface area contributed by atoms with Gasteiger partial charge in [-0.3, -0.25) is 24.4 Å². The van der Waals surface area contributed by atoms with E-state index in [1.54, 1.807) is 36.7 Å². The maximum absolute atomic E-state index is 12.9. The Labute approximate surface area is 190 Å². The summed E-state index contributed by atoms with van der Waals surface area (Å²) in [5, 5.41) is 13.1. The number of nitrogens with one attached hydrogen (secondary N) is 1. The van der Waals surface area contributed by atoms with Crippen LogP contribution >= 0.6 is 0 Å². The number of fused-ring (bicyclic) bond motifs is 1. The van der Waals surface area contributed by atoms with Crippen LogP contribution in [0.5, 0.6) is 0 Å². The molecule has 2 atom stereocenters. The average molecular weight is 442 g/mol. The molecule has 3 heterocycles. The Morgan fingerprint density at radius 1 is 1.21 bits per heavy atom. The molecule has 0 spiro atoms. The fourth-order valence-electron chi connectivity index (χ4n) is 3.86. The highest BCUT2D eigenvalue weighted by Gasteiger charge is 2.39. The first-order valence-corrected chi connectivity index (χ1v) is 10.5. The van der Waals surface area contributed by atoms with Gasteiger partial charge in [0.05, 0.1) is 35.8 Å². The van der Waals surface area contributed by atoms with Crippen molar-refractivity contribution in [2.75, 3.05) is 25.5 Å². The van der Waals surface area contributed by atoms with Crippen molar-refractivity contribution >= 4 is 34.3 Å². The second-order valence-corrected chi connectivity index (χ2v) is 7.93. The summed E-state index contributed by atoms with van der Waals surface area (Å²) < 4.78 is 0. The van der Waals surface area contributed by atoms with Crippen molar-refractivity contribution in [1.82, 2.24) is 19.8 Å². The first-order valence-electron chi connectivity index (χ1n) is 10.5. The number of likely N-dealkylation sites (tertiary alicyclic amines) is 1. The maximum atomic E-state index is 12.9. The van der Waals surface area contributed by atoms with Crippen LogP contribution in [0.3, 0.4) is 0 Å². The molecule has 1 N–H and O–H groups in total. The van der Waals surface area contributed by atoms with Crippen molar-refractivity contribution in [3.8, 4) is 6.07 Å². The summed E-state index contributed by atoms with van der Waals surface area (Å²) in [6, 6.07) is 13.9. The molecule has 3 amide bonds. The first kappa shape index (κ1) is 21.9. The molecule has 1 aliphatic rings. The van der Waals surface area contributed by atoms with Crippen molar-refractivity contribution in [2.24, 2.45) is 5.92 Å². The van der Waals surface area contributed by atoms with Crippen molar-refractivity contribution in [2.45, 2.75) is 12.5 Å². The Hall–Kier alpha value is -4.32. The number of benzene rings is 1. The highest BCUT2D eigenvalue weighted by molar-refractivity contribution is 5.99. The second kappa shape index (κ2) is 9.44. The normalized spacial score (nSPS) is 17.4. The minimum absolute atomic E-state index is 0.127. The van der Waals surface area contributed by atoms with Gasteiger partial charge in [-0.1, -0.05) is 18.2 Å². The highest BCUT2D eigenvalue weighted by atomic mass is 16.2. The van der Waals surface area contributed by atoms with E-state index in [0.717, 1.165) is 5.39 Å². The molecule has 9 heteroatoms. The van der Waals surface area contributed by atoms with Gasteiger partial charge < -0.3 is 15.1 Å². The minimum Gasteiger partial charge on any atom is -0.332 e. The van der Waals surface area contributed by atoms with E-state index in [4.69, 9.17) is 0 Å². The summed E-state index contributed by atoms with van der Waals surface area (Å²) in [4.78, 5) is 49.3. The van der Waals surface area contributed by atoms with Gasteiger partial charge in [0.1, 0.15) is 6.04 Å². The van der Waals surface area contributed by atoms with E-state index in [1.165, 1.54) is 23.0 Å². The molecular formula is C24H22N6O3. The van der Waals surface area contributed by atoms with Gasteiger partial charge in [0.15, 0.2) is 0 Å². The lowest BCUT2D eigenvalue weighted by atomic mass is 10.1. The summed E-state index contributed by atoms with van der Waals surface area (Å²) in [6.07, 6.45) is 4.92. The number of pyridine rings is 2. The topological polar surface area (TPSA) is 119 Å². The van der Waals surface area contributed by atoms with E-state index in [9.17, 15) is 19.6 Å². The zero-order valence-corrected chi connectivity index (χ0v) is 18.0. The number of carbonyl (C=O) groups excluding carboxylic acids is 3. The van der Waals surface area contributed by atoms with Gasteiger partial charge in [-0.05, 0) is 30.7 Å². The van der Waals surface area contributed by atoms with Gasteiger partial charge in [0.25, 0.3) is 5.91 Å². The molecule has 2 unspecified atom stereocenters. The van der Waals surface area contributed by atoms with Gasteiger partial charge in [0, 0.05) is 37.1 Å². The van der Waals surface area contributed by atoms with Crippen molar-refractivity contribution in [1.29, 1.82) is 5.26 Å². The molecule has 0 saturated carbocycles. The third-order valence-electron chi connectivity index (χ3n) is 5.64. The molecule has 2 aromatic heterocycles. The van der Waals surface area contributed by atoms with Gasteiger partial charge in [-0.25, -0.2) is 0 Å². The quantitative estimate of drug-likeness (QED) is 0.646. The molecule has 1 aliphatic heterocycles. The van der Waals surface area contributed by atoms with Gasteiger partial charge >= 0.3 is 0 Å². The summed E-state index contributed by atoms with van der Waals surface area (Å²) in [5.74, 6) is -1.48. The number of rotatable bonds is 5. The van der Waals surface area contributed by atoms with Crippen molar-refractivity contribution in [3.05, 3.63) is 66.6 Å². The van der Waals surface area contributed by atoms with Crippen LogP contribution in [0.1, 0.15) is 16.8 Å². The van der Waals surface area contributed by atoms with E-state index in [0.29, 0.717) is 16.8 Å². The van der Waals surface area contributed by atoms with Gasteiger partial charge in [0.2, 0.25) is 11.8 Å². The van der Waals surface area contributed by atoms with Crippen LogP contribution in [0.2, 0.25) is 0 Å². The molecular weight excluding hydrogens is 420 g/mol. The Balaban J connectivity index is 1.40. The van der Waals surface area contributed by atoms with Crippen molar-refractivity contribution in [3.63, 3.8) is 0 Å². The monoisotopic (exact) mass is 442 g/mol. The number of amides is 3. The first-order chi connectivity index (χ1) is 16.0. The molecule has 1 fully saturated rings. The Bertz CT molecular complexity index is 1240. The van der Waals surface area contributed by atoms with E-state index in [1.807, 2.05) is 18.2 Å². The molecule has 0 aliphatic carbocycles. The summed E-state index contributed by atoms with van der Waals surface area (Å²) in [5.41, 5.74) is 1.68. The Morgan fingerprint density at radius 3 is 2.76 bits per heavy atom. The number of anilines is 1. The minimum atomic E-state index is -0.720. The van der Waals surface area contributed by atoms with Gasteiger partial charge in [-0.15, -0.1) is 0 Å². The van der Waals surface area contributed by atoms with Gasteiger partial charge in [-0.2, -0.15) is 5.26 Å². The van der Waals surface area contributed by atoms with E-state index < -0.39 is 12.0 Å². The van der Waals surface area contributed by atoms with Crippen LogP contribution in [-0.4, -0.2) is 63.7 Å². The number of hydrogen-bond acceptors (Lipinski definition) is 6. The highest BCUT2D eigenvalue weighted by Crippen LogP contribution is 2.25. The van der Waals surface area contributed by atoms with Crippen LogP contribution in [0.25, 0.3) is 10.9 Å². The number of carbonyl (C=O) groups is 3. The molecule has 166 valence electrons. The predicted octanol–water partition coefficient (Wildman–Crippen LogP) is 2.08. The zero-order valence-electron chi connectivity index (χ0n) is 18.0. The summed E-state index contributed by atoms with van der Waals surface area (Å²) >= 11 is 0. The molecule has 3 aromatic rings. The third kappa shape index (κ3) is 4.80. The third-order valence-corrected chi connectivity index (χ3v) is 5.64. The summed E-state index contributed by atoms with van der Waals surface area (Å²) in [7, 11) is 1.52. The molecule has 0 bridgehead atoms. The number of nitriles is 1. The SMILES string of the molecule is CN(CC(=O)N1CC(C(=O)Nc2ccccc2)CC1C#N)C(=O)c1cnc2cnccc2c1. The standard InChI is InChI=1S/C24H22N6O3/c1-29(24(33)17-9-16-7-8-26-13-21(16)27-12-17)15-22(31)30-14-18(10-20(30)11-25)23(32)28-19-5-3-2-4-6-19/h2-9,12-13,18,20H,10,14-15H2,1H3,(H,28,32). The Morgan fingerprint density at radius 2 is 2.00 bits per heavy atom. The lowest BCUT2D eigenvalue weighted by molar-refractivity contribution is -0.131. The lowest BCUT2D eigenvalue weighted by Gasteiger charge is -2.24. The molecule has 0 radical (unpaired) electrons. The second-order valence-electron chi connectivity index (χ2n) is 7.93. The van der Waals surface area contributed by atoms with Crippen LogP contribution in [0, 0.1) is 17.2 Å². The smallest absolute Gasteiger partial charge is 0.255 e. The van der Waals surface area contributed by atoms with Crippen LogP contribution < -0.4 is 5.32 Å². The number of nitrogens with zero attached hydrogens (tertiary/aromatic N) is 5. The average Bonchev–Trinajstić information content (AvgIpc) is 3.29. The maximum Gasteiger partial charge on any atom is 0.255 e. The van der Waals surface area contributed by atoms with E-state index >= 15 is 0 Å². The number of hydrogen-bond donors (Lipinski definition) is 1. The van der Waals surface area contributed by atoms with Crippen molar-refractivity contribution < 1.29 is 14.4 Å². The molecule has 1 aromatic carbocycles. The lowest BCUT2D eigenvalue weighted by Crippen LogP contribution is -2.43. The molecule has 4 rings (SSSR count). The zero-order chi connectivity index (χ0) is 23.4. The largest absolute Gasteiger partial charge is 0.332 e. The summed E-state index contributed by atoms with van der Waals surface area (Å²) in [6.45, 7) is -0.0826. The number of aromatic nitrogens is 2. The fourth-order valence-corrected chi connectivity index (χ4v) is 3.86.